The van der Waals surface area contributed by atoms with Crippen molar-refractivity contribution in [3.05, 3.63) is 41.1 Å². The van der Waals surface area contributed by atoms with Crippen LogP contribution in [0, 0.1) is 6.92 Å². The van der Waals surface area contributed by atoms with Gasteiger partial charge in [0.1, 0.15) is 12.4 Å². The van der Waals surface area contributed by atoms with Gasteiger partial charge in [0.25, 0.3) is 0 Å². The van der Waals surface area contributed by atoms with E-state index in [0.717, 1.165) is 17.4 Å². The summed E-state index contributed by atoms with van der Waals surface area (Å²) in [6.45, 7) is 3.71. The van der Waals surface area contributed by atoms with Crippen molar-refractivity contribution in [3.63, 3.8) is 0 Å². The van der Waals surface area contributed by atoms with Crippen LogP contribution in [0.15, 0.2) is 29.2 Å². The highest BCUT2D eigenvalue weighted by Crippen LogP contribution is 2.39. The first-order valence-corrected chi connectivity index (χ1v) is 10.4. The van der Waals surface area contributed by atoms with Crippen LogP contribution in [0.2, 0.25) is 0 Å². The number of carbonyl (C=O) groups is 2. The zero-order chi connectivity index (χ0) is 19.8. The number of hydrogen-bond acceptors (Lipinski definition) is 6. The van der Waals surface area contributed by atoms with Crippen LogP contribution in [-0.4, -0.2) is 42.9 Å². The molecule has 0 saturated heterocycles. The van der Waals surface area contributed by atoms with Gasteiger partial charge in [0.2, 0.25) is 5.91 Å². The molecule has 144 valence electrons. The van der Waals surface area contributed by atoms with Crippen molar-refractivity contribution in [1.29, 1.82) is 0 Å². The Morgan fingerprint density at radius 1 is 1.33 bits per heavy atom. The molecular formula is C18H21N3O5S. The molecule has 1 atom stereocenters. The molecule has 1 aliphatic heterocycles. The topological polar surface area (TPSA) is 107 Å². The Kier molecular flexibility index (Phi) is 5.05. The summed E-state index contributed by atoms with van der Waals surface area (Å²) in [4.78, 5) is 24.3. The minimum Gasteiger partial charge on any atom is -0.465 e. The van der Waals surface area contributed by atoms with Crippen molar-refractivity contribution in [2.45, 2.75) is 37.6 Å². The number of esters is 1. The number of aryl methyl sites for hydroxylation is 1. The second-order valence-corrected chi connectivity index (χ2v) is 8.47. The molecular weight excluding hydrogens is 370 g/mol. The number of carbonyl (C=O) groups excluding carboxylic acids is 2. The van der Waals surface area contributed by atoms with Gasteiger partial charge in [-0.2, -0.15) is 5.10 Å². The summed E-state index contributed by atoms with van der Waals surface area (Å²) in [7, 11) is -3.29. The highest BCUT2D eigenvalue weighted by atomic mass is 32.2. The number of amides is 1. The van der Waals surface area contributed by atoms with E-state index in [1.807, 2.05) is 6.92 Å². The van der Waals surface area contributed by atoms with E-state index in [9.17, 15) is 18.0 Å². The minimum atomic E-state index is -3.29. The van der Waals surface area contributed by atoms with Crippen LogP contribution in [0.1, 0.15) is 36.1 Å². The number of ether oxygens (including phenoxy) is 1. The molecule has 1 aromatic heterocycles. The zero-order valence-corrected chi connectivity index (χ0v) is 16.2. The maximum atomic E-state index is 12.2. The second-order valence-electron chi connectivity index (χ2n) is 6.46. The number of anilines is 1. The summed E-state index contributed by atoms with van der Waals surface area (Å²) in [5.74, 6) is -0.409. The fraction of sp³-hybridized carbons (Fsp3) is 0.389. The third kappa shape index (κ3) is 3.87. The monoisotopic (exact) mass is 391 g/mol. The maximum absolute atomic E-state index is 12.2. The Labute approximate surface area is 157 Å². The predicted molar refractivity (Wildman–Crippen MR) is 98.2 cm³/mol. The summed E-state index contributed by atoms with van der Waals surface area (Å²) < 4.78 is 29.7. The van der Waals surface area contributed by atoms with Crippen molar-refractivity contribution < 1.29 is 22.7 Å². The van der Waals surface area contributed by atoms with Gasteiger partial charge in [-0.15, -0.1) is 0 Å². The first-order chi connectivity index (χ1) is 12.7. The van der Waals surface area contributed by atoms with Crippen LogP contribution in [0.5, 0.6) is 0 Å². The van der Waals surface area contributed by atoms with E-state index in [0.29, 0.717) is 11.5 Å². The summed E-state index contributed by atoms with van der Waals surface area (Å²) in [6.07, 6.45) is 1.37. The van der Waals surface area contributed by atoms with Crippen molar-refractivity contribution in [2.75, 3.05) is 18.2 Å². The molecule has 0 fully saturated rings. The zero-order valence-electron chi connectivity index (χ0n) is 15.4. The summed E-state index contributed by atoms with van der Waals surface area (Å²) >= 11 is 0. The molecule has 0 radical (unpaired) electrons. The SMILES string of the molecule is CCOC(=O)Cn1nc(C)c2c1NC(=O)CC2c1ccc(S(C)(=O)=O)cc1. The van der Waals surface area contributed by atoms with E-state index in [4.69, 9.17) is 4.74 Å². The van der Waals surface area contributed by atoms with E-state index in [1.54, 1.807) is 19.1 Å². The average Bonchev–Trinajstić information content (AvgIpc) is 2.89. The highest BCUT2D eigenvalue weighted by molar-refractivity contribution is 7.90. The Morgan fingerprint density at radius 3 is 2.59 bits per heavy atom. The number of benzene rings is 1. The second kappa shape index (κ2) is 7.15. The molecule has 2 heterocycles. The lowest BCUT2D eigenvalue weighted by molar-refractivity contribution is -0.144. The van der Waals surface area contributed by atoms with E-state index >= 15 is 0 Å². The number of fused-ring (bicyclic) bond motifs is 1. The lowest BCUT2D eigenvalue weighted by Gasteiger charge is -2.24. The van der Waals surface area contributed by atoms with Gasteiger partial charge in [0.05, 0.1) is 17.2 Å². The predicted octanol–water partition coefficient (Wildman–Crippen LogP) is 1.63. The lowest BCUT2D eigenvalue weighted by Crippen LogP contribution is -2.26. The van der Waals surface area contributed by atoms with Gasteiger partial charge in [0, 0.05) is 24.2 Å². The number of nitrogens with one attached hydrogen (secondary N) is 1. The van der Waals surface area contributed by atoms with Crippen molar-refractivity contribution >= 4 is 27.5 Å². The molecule has 0 aliphatic carbocycles. The molecule has 1 aromatic carbocycles. The van der Waals surface area contributed by atoms with E-state index < -0.39 is 15.8 Å². The van der Waals surface area contributed by atoms with Gasteiger partial charge in [-0.05, 0) is 31.5 Å². The normalized spacial score (nSPS) is 16.6. The summed E-state index contributed by atoms with van der Waals surface area (Å²) in [5.41, 5.74) is 2.34. The number of nitrogens with zero attached hydrogens (tertiary/aromatic N) is 2. The van der Waals surface area contributed by atoms with E-state index in [2.05, 4.69) is 10.4 Å². The standard InChI is InChI=1S/C18H21N3O5S/c1-4-26-16(23)10-21-18-17(11(2)20-21)14(9-15(22)19-18)12-5-7-13(8-6-12)27(3,24)25/h5-8,14H,4,9-10H2,1-3H3,(H,19,22). The number of hydrogen-bond donors (Lipinski definition) is 1. The smallest absolute Gasteiger partial charge is 0.327 e. The maximum Gasteiger partial charge on any atom is 0.327 e. The molecule has 27 heavy (non-hydrogen) atoms. The van der Waals surface area contributed by atoms with E-state index in [1.165, 1.54) is 16.8 Å². The summed E-state index contributed by atoms with van der Waals surface area (Å²) in [6, 6.07) is 6.50. The van der Waals surface area contributed by atoms with Crippen LogP contribution in [0.4, 0.5) is 5.82 Å². The third-order valence-corrected chi connectivity index (χ3v) is 5.59. The van der Waals surface area contributed by atoms with Crippen LogP contribution >= 0.6 is 0 Å². The van der Waals surface area contributed by atoms with Crippen molar-refractivity contribution in [2.24, 2.45) is 0 Å². The first kappa shape index (κ1) is 19.1. The minimum absolute atomic E-state index is 0.0932. The van der Waals surface area contributed by atoms with Gasteiger partial charge in [-0.25, -0.2) is 13.1 Å². The summed E-state index contributed by atoms with van der Waals surface area (Å²) in [5, 5.41) is 7.18. The van der Waals surface area contributed by atoms with Crippen LogP contribution in [-0.2, 0) is 30.7 Å². The molecule has 1 amide bonds. The molecule has 1 N–H and O–H groups in total. The Balaban J connectivity index is 2.00. The van der Waals surface area contributed by atoms with Gasteiger partial charge < -0.3 is 10.1 Å². The molecule has 0 spiro atoms. The molecule has 0 saturated carbocycles. The van der Waals surface area contributed by atoms with Crippen molar-refractivity contribution in [3.8, 4) is 0 Å². The van der Waals surface area contributed by atoms with Gasteiger partial charge in [-0.1, -0.05) is 12.1 Å². The number of sulfone groups is 1. The average molecular weight is 391 g/mol. The fourth-order valence-corrected chi connectivity index (χ4v) is 3.92. The third-order valence-electron chi connectivity index (χ3n) is 4.46. The van der Waals surface area contributed by atoms with Gasteiger partial charge >= 0.3 is 5.97 Å². The van der Waals surface area contributed by atoms with Crippen molar-refractivity contribution in [1.82, 2.24) is 9.78 Å². The number of aromatic nitrogens is 2. The molecule has 3 rings (SSSR count). The quantitative estimate of drug-likeness (QED) is 0.777. The van der Waals surface area contributed by atoms with Gasteiger partial charge in [-0.3, -0.25) is 9.59 Å². The largest absolute Gasteiger partial charge is 0.465 e. The molecule has 9 heteroatoms. The van der Waals surface area contributed by atoms with Crippen LogP contribution < -0.4 is 5.32 Å². The molecule has 1 aliphatic rings. The lowest BCUT2D eigenvalue weighted by atomic mass is 9.86. The molecule has 1 unspecified atom stereocenters. The van der Waals surface area contributed by atoms with E-state index in [-0.39, 0.29) is 36.3 Å². The molecule has 0 bridgehead atoms. The molecule has 2 aromatic rings. The highest BCUT2D eigenvalue weighted by Gasteiger charge is 2.32. The van der Waals surface area contributed by atoms with Crippen LogP contribution in [0.3, 0.4) is 0 Å². The molecule has 8 nitrogen and oxygen atoms in total. The van der Waals surface area contributed by atoms with Gasteiger partial charge in [0.15, 0.2) is 9.84 Å². The Hall–Kier alpha value is -2.68. The Bertz CT molecular complexity index is 993. The number of rotatable bonds is 5. The Morgan fingerprint density at radius 2 is 2.00 bits per heavy atom. The first-order valence-electron chi connectivity index (χ1n) is 8.53. The fourth-order valence-electron chi connectivity index (χ4n) is 3.29. The van der Waals surface area contributed by atoms with Crippen LogP contribution in [0.25, 0.3) is 0 Å².